The third-order valence-electron chi connectivity index (χ3n) is 5.08. The van der Waals surface area contributed by atoms with Crippen molar-refractivity contribution in [3.63, 3.8) is 0 Å². The van der Waals surface area contributed by atoms with E-state index < -0.39 is 0 Å². The highest BCUT2D eigenvalue weighted by Crippen LogP contribution is 2.49. The van der Waals surface area contributed by atoms with Crippen LogP contribution in [0.25, 0.3) is 10.8 Å². The van der Waals surface area contributed by atoms with E-state index in [0.717, 1.165) is 30.4 Å². The fraction of sp³-hybridized carbons (Fsp3) is 0.444. The summed E-state index contributed by atoms with van der Waals surface area (Å²) in [6.07, 6.45) is 2.56. The fourth-order valence-corrected chi connectivity index (χ4v) is 3.52. The number of aliphatic hydroxyl groups excluding tert-OH is 1. The lowest BCUT2D eigenvalue weighted by Crippen LogP contribution is -2.59. The zero-order valence-electron chi connectivity index (χ0n) is 12.2. The zero-order chi connectivity index (χ0) is 14.2. The molecule has 20 heavy (non-hydrogen) atoms. The highest BCUT2D eigenvalue weighted by molar-refractivity contribution is 5.88. The molecule has 0 amide bonds. The van der Waals surface area contributed by atoms with Gasteiger partial charge in [-0.15, -0.1) is 0 Å². The molecule has 0 saturated heterocycles. The minimum absolute atomic E-state index is 0.0725. The molecule has 3 rings (SSSR count). The molecular weight excluding hydrogens is 248 g/mol. The van der Waals surface area contributed by atoms with Crippen LogP contribution in [0.5, 0.6) is 5.75 Å². The van der Waals surface area contributed by atoms with E-state index in [1.807, 2.05) is 24.3 Å². The van der Waals surface area contributed by atoms with Crippen LogP contribution >= 0.6 is 0 Å². The van der Waals surface area contributed by atoms with E-state index in [1.165, 1.54) is 5.39 Å². The number of rotatable bonds is 4. The molecular formula is C18H22O2. The van der Waals surface area contributed by atoms with Crippen molar-refractivity contribution in [2.24, 2.45) is 5.41 Å². The molecule has 2 unspecified atom stereocenters. The molecule has 0 bridgehead atoms. The Labute approximate surface area is 120 Å². The highest BCUT2D eigenvalue weighted by atomic mass is 16.5. The summed E-state index contributed by atoms with van der Waals surface area (Å²) < 4.78 is 6.27. The maximum absolute atomic E-state index is 10.1. The van der Waals surface area contributed by atoms with Crippen LogP contribution in [0.4, 0.5) is 0 Å². The fourth-order valence-electron chi connectivity index (χ4n) is 3.52. The molecule has 1 fully saturated rings. The van der Waals surface area contributed by atoms with Gasteiger partial charge in [0.25, 0.3) is 0 Å². The first-order valence-corrected chi connectivity index (χ1v) is 7.53. The van der Waals surface area contributed by atoms with Gasteiger partial charge in [0.05, 0.1) is 6.10 Å². The van der Waals surface area contributed by atoms with Gasteiger partial charge in [0.2, 0.25) is 0 Å². The Morgan fingerprint density at radius 2 is 1.80 bits per heavy atom. The largest absolute Gasteiger partial charge is 0.489 e. The van der Waals surface area contributed by atoms with Crippen molar-refractivity contribution < 1.29 is 9.84 Å². The van der Waals surface area contributed by atoms with Crippen LogP contribution in [-0.4, -0.2) is 17.3 Å². The normalized spacial score (nSPS) is 24.4. The van der Waals surface area contributed by atoms with Crippen LogP contribution in [0.3, 0.4) is 0 Å². The molecule has 1 saturated carbocycles. The topological polar surface area (TPSA) is 29.5 Å². The molecule has 1 aliphatic rings. The Bertz CT molecular complexity index is 596. The van der Waals surface area contributed by atoms with E-state index >= 15 is 0 Å². The Morgan fingerprint density at radius 3 is 2.50 bits per heavy atom. The van der Waals surface area contributed by atoms with E-state index in [1.54, 1.807) is 0 Å². The molecule has 0 radical (unpaired) electrons. The van der Waals surface area contributed by atoms with E-state index in [2.05, 4.69) is 32.0 Å². The zero-order valence-corrected chi connectivity index (χ0v) is 12.2. The number of hydrogen-bond donors (Lipinski definition) is 1. The quantitative estimate of drug-likeness (QED) is 0.904. The molecule has 0 heterocycles. The lowest BCUT2D eigenvalue weighted by molar-refractivity contribution is -0.159. The van der Waals surface area contributed by atoms with Crippen molar-refractivity contribution in [2.45, 2.75) is 45.3 Å². The number of ether oxygens (including phenoxy) is 1. The molecule has 2 heteroatoms. The van der Waals surface area contributed by atoms with E-state index in [-0.39, 0.29) is 17.6 Å². The van der Waals surface area contributed by atoms with Crippen LogP contribution < -0.4 is 4.74 Å². The summed E-state index contributed by atoms with van der Waals surface area (Å²) in [5, 5.41) is 12.5. The molecule has 1 N–H and O–H groups in total. The van der Waals surface area contributed by atoms with Crippen molar-refractivity contribution >= 4 is 10.8 Å². The minimum atomic E-state index is -0.225. The number of fused-ring (bicyclic) bond motifs is 1. The van der Waals surface area contributed by atoms with Gasteiger partial charge in [-0.05, 0) is 24.3 Å². The minimum Gasteiger partial charge on any atom is -0.489 e. The number of benzene rings is 2. The van der Waals surface area contributed by atoms with Crippen LogP contribution in [0.2, 0.25) is 0 Å². The van der Waals surface area contributed by atoms with Gasteiger partial charge in [-0.3, -0.25) is 0 Å². The van der Waals surface area contributed by atoms with Crippen molar-refractivity contribution in [1.29, 1.82) is 0 Å². The standard InChI is InChI=1S/C18H22O2/c1-3-18(4-2)16(19)12-17(18)20-15-11-7-9-13-8-5-6-10-14(13)15/h5-11,16-17,19H,3-4,12H2,1-2H3. The average molecular weight is 270 g/mol. The molecule has 0 spiro atoms. The van der Waals surface area contributed by atoms with Gasteiger partial charge in [0.1, 0.15) is 11.9 Å². The van der Waals surface area contributed by atoms with Crippen LogP contribution in [0.15, 0.2) is 42.5 Å². The molecule has 0 aromatic heterocycles. The molecule has 2 aromatic rings. The summed E-state index contributed by atoms with van der Waals surface area (Å²) in [5.41, 5.74) is -0.0725. The lowest BCUT2D eigenvalue weighted by atomic mass is 9.60. The summed E-state index contributed by atoms with van der Waals surface area (Å²) in [4.78, 5) is 0. The Hall–Kier alpha value is -1.54. The summed E-state index contributed by atoms with van der Waals surface area (Å²) in [6.45, 7) is 4.29. The Kier molecular flexibility index (Phi) is 3.43. The van der Waals surface area contributed by atoms with Crippen LogP contribution in [-0.2, 0) is 0 Å². The second-order valence-electron chi connectivity index (χ2n) is 5.78. The third-order valence-corrected chi connectivity index (χ3v) is 5.08. The highest BCUT2D eigenvalue weighted by Gasteiger charge is 2.53. The van der Waals surface area contributed by atoms with Crippen molar-refractivity contribution in [3.8, 4) is 5.75 Å². The maximum atomic E-state index is 10.1. The van der Waals surface area contributed by atoms with E-state index in [0.29, 0.717) is 0 Å². The van der Waals surface area contributed by atoms with Gasteiger partial charge in [-0.25, -0.2) is 0 Å². The molecule has 1 aliphatic carbocycles. The monoisotopic (exact) mass is 270 g/mol. The van der Waals surface area contributed by atoms with Crippen molar-refractivity contribution in [2.75, 3.05) is 0 Å². The summed E-state index contributed by atoms with van der Waals surface area (Å²) in [6, 6.07) is 14.4. The predicted octanol–water partition coefficient (Wildman–Crippen LogP) is 4.16. The van der Waals surface area contributed by atoms with E-state index in [9.17, 15) is 5.11 Å². The predicted molar refractivity (Wildman–Crippen MR) is 82.0 cm³/mol. The van der Waals surface area contributed by atoms with Crippen molar-refractivity contribution in [1.82, 2.24) is 0 Å². The molecule has 2 atom stereocenters. The first-order valence-electron chi connectivity index (χ1n) is 7.53. The SMILES string of the molecule is CCC1(CC)C(O)CC1Oc1cccc2ccccc12. The summed E-state index contributed by atoms with van der Waals surface area (Å²) in [7, 11) is 0. The Morgan fingerprint density at radius 1 is 1.10 bits per heavy atom. The van der Waals surface area contributed by atoms with Crippen LogP contribution in [0, 0.1) is 5.41 Å². The van der Waals surface area contributed by atoms with Gasteiger partial charge in [-0.2, -0.15) is 0 Å². The first-order chi connectivity index (χ1) is 9.71. The average Bonchev–Trinajstić information content (AvgIpc) is 2.48. The smallest absolute Gasteiger partial charge is 0.127 e. The second-order valence-corrected chi connectivity index (χ2v) is 5.78. The van der Waals surface area contributed by atoms with Gasteiger partial charge in [0.15, 0.2) is 0 Å². The van der Waals surface area contributed by atoms with Crippen LogP contribution in [0.1, 0.15) is 33.1 Å². The maximum Gasteiger partial charge on any atom is 0.127 e. The van der Waals surface area contributed by atoms with Gasteiger partial charge >= 0.3 is 0 Å². The van der Waals surface area contributed by atoms with E-state index in [4.69, 9.17) is 4.74 Å². The third kappa shape index (κ3) is 1.90. The molecule has 2 aromatic carbocycles. The first kappa shape index (κ1) is 13.4. The van der Waals surface area contributed by atoms with Gasteiger partial charge in [0, 0.05) is 17.2 Å². The summed E-state index contributed by atoms with van der Waals surface area (Å²) >= 11 is 0. The van der Waals surface area contributed by atoms with Crippen molar-refractivity contribution in [3.05, 3.63) is 42.5 Å². The second kappa shape index (κ2) is 5.10. The van der Waals surface area contributed by atoms with Gasteiger partial charge in [-0.1, -0.05) is 50.2 Å². The molecule has 2 nitrogen and oxygen atoms in total. The molecule has 106 valence electrons. The van der Waals surface area contributed by atoms with Gasteiger partial charge < -0.3 is 9.84 Å². The number of aliphatic hydroxyl groups is 1. The Balaban J connectivity index is 1.91. The number of hydrogen-bond acceptors (Lipinski definition) is 2. The lowest BCUT2D eigenvalue weighted by Gasteiger charge is -2.52. The summed E-state index contributed by atoms with van der Waals surface area (Å²) in [5.74, 6) is 0.936. The molecule has 0 aliphatic heterocycles.